The molecule has 0 bridgehead atoms. The van der Waals surface area contributed by atoms with Crippen LogP contribution in [0.4, 0.5) is 5.69 Å². The third kappa shape index (κ3) is 5.69. The normalized spacial score (nSPS) is 11.2. The fourth-order valence-corrected chi connectivity index (χ4v) is 4.54. The minimum absolute atomic E-state index is 0.0861. The fraction of sp³-hybridized carbons (Fsp3) is 0.167. The second-order valence-corrected chi connectivity index (χ2v) is 8.90. The van der Waals surface area contributed by atoms with Crippen molar-refractivity contribution >= 4 is 27.8 Å². The number of hydrogen-bond acceptors (Lipinski definition) is 6. The molecule has 0 saturated heterocycles. The smallest absolute Gasteiger partial charge is 0.264 e. The number of methoxy groups -OCH3 is 2. The SMILES string of the molecule is COc1cccc(C=NNC(=O)CN(c2ccc(C)cc2)S(=O)(=O)c2ccccc2)c1OC. The number of carbonyl (C=O) groups excluding carboxylic acids is 1. The van der Waals surface area contributed by atoms with E-state index in [0.717, 1.165) is 9.87 Å². The topological polar surface area (TPSA) is 97.3 Å². The van der Waals surface area contributed by atoms with Gasteiger partial charge in [-0.1, -0.05) is 42.0 Å². The van der Waals surface area contributed by atoms with Gasteiger partial charge in [-0.05, 0) is 43.3 Å². The van der Waals surface area contributed by atoms with Crippen LogP contribution >= 0.6 is 0 Å². The maximum Gasteiger partial charge on any atom is 0.264 e. The van der Waals surface area contributed by atoms with Crippen LogP contribution in [0.1, 0.15) is 11.1 Å². The number of hydrazone groups is 1. The highest BCUT2D eigenvalue weighted by Crippen LogP contribution is 2.29. The molecule has 0 unspecified atom stereocenters. The molecule has 9 heteroatoms. The minimum atomic E-state index is -3.97. The van der Waals surface area contributed by atoms with Gasteiger partial charge in [0.05, 0.1) is 31.0 Å². The van der Waals surface area contributed by atoms with Crippen LogP contribution in [0.25, 0.3) is 0 Å². The van der Waals surface area contributed by atoms with E-state index in [9.17, 15) is 13.2 Å². The summed E-state index contributed by atoms with van der Waals surface area (Å²) in [5, 5.41) is 3.96. The number of para-hydroxylation sites is 1. The number of nitrogens with zero attached hydrogens (tertiary/aromatic N) is 2. The third-order valence-corrected chi connectivity index (χ3v) is 6.55. The third-order valence-electron chi connectivity index (χ3n) is 4.77. The molecule has 3 rings (SSSR count). The standard InChI is InChI=1S/C24H25N3O5S/c1-18-12-14-20(15-13-18)27(33(29,30)21-9-5-4-6-10-21)17-23(28)26-25-16-19-8-7-11-22(31-2)24(19)32-3/h4-16H,17H2,1-3H3,(H,26,28). The molecule has 172 valence electrons. The second kappa shape index (κ2) is 10.6. The van der Waals surface area contributed by atoms with Gasteiger partial charge in [-0.15, -0.1) is 0 Å². The molecule has 3 aromatic rings. The lowest BCUT2D eigenvalue weighted by atomic mass is 10.2. The largest absolute Gasteiger partial charge is 0.493 e. The zero-order valence-electron chi connectivity index (χ0n) is 18.6. The summed E-state index contributed by atoms with van der Waals surface area (Å²) >= 11 is 0. The average Bonchev–Trinajstić information content (AvgIpc) is 2.83. The number of anilines is 1. The Morgan fingerprint density at radius 2 is 1.67 bits per heavy atom. The predicted molar refractivity (Wildman–Crippen MR) is 127 cm³/mol. The molecule has 1 N–H and O–H groups in total. The number of sulfonamides is 1. The van der Waals surface area contributed by atoms with Crippen LogP contribution in [0.5, 0.6) is 11.5 Å². The van der Waals surface area contributed by atoms with Gasteiger partial charge < -0.3 is 9.47 Å². The van der Waals surface area contributed by atoms with Gasteiger partial charge >= 0.3 is 0 Å². The quantitative estimate of drug-likeness (QED) is 0.384. The molecule has 0 fully saturated rings. The number of carbonyl (C=O) groups is 1. The first-order chi connectivity index (χ1) is 15.9. The van der Waals surface area contributed by atoms with Gasteiger partial charge in [0.2, 0.25) is 0 Å². The number of nitrogens with one attached hydrogen (secondary N) is 1. The van der Waals surface area contributed by atoms with Crippen molar-refractivity contribution in [2.75, 3.05) is 25.1 Å². The van der Waals surface area contributed by atoms with E-state index in [1.165, 1.54) is 32.6 Å². The van der Waals surface area contributed by atoms with E-state index in [1.54, 1.807) is 60.7 Å². The molecule has 33 heavy (non-hydrogen) atoms. The molecule has 0 aliphatic heterocycles. The maximum atomic E-state index is 13.3. The number of ether oxygens (including phenoxy) is 2. The Kier molecular flexibility index (Phi) is 7.68. The Labute approximate surface area is 193 Å². The van der Waals surface area contributed by atoms with E-state index in [2.05, 4.69) is 10.5 Å². The van der Waals surface area contributed by atoms with Crippen molar-refractivity contribution < 1.29 is 22.7 Å². The number of benzene rings is 3. The lowest BCUT2D eigenvalue weighted by molar-refractivity contribution is -0.119. The van der Waals surface area contributed by atoms with E-state index in [1.807, 2.05) is 6.92 Å². The maximum absolute atomic E-state index is 13.3. The van der Waals surface area contributed by atoms with E-state index < -0.39 is 22.5 Å². The van der Waals surface area contributed by atoms with Gasteiger partial charge in [0.1, 0.15) is 6.54 Å². The van der Waals surface area contributed by atoms with Gasteiger partial charge in [-0.25, -0.2) is 13.8 Å². The van der Waals surface area contributed by atoms with Crippen molar-refractivity contribution in [1.82, 2.24) is 5.43 Å². The van der Waals surface area contributed by atoms with Crippen LogP contribution < -0.4 is 19.2 Å². The Bertz CT molecular complexity index is 1230. The molecule has 0 spiro atoms. The molecular weight excluding hydrogens is 442 g/mol. The average molecular weight is 468 g/mol. The molecule has 0 aliphatic carbocycles. The van der Waals surface area contributed by atoms with Gasteiger partial charge in [0, 0.05) is 5.56 Å². The van der Waals surface area contributed by atoms with E-state index in [0.29, 0.717) is 22.7 Å². The Hall–Kier alpha value is -3.85. The lowest BCUT2D eigenvalue weighted by Crippen LogP contribution is -2.39. The van der Waals surface area contributed by atoms with Crippen LogP contribution in [-0.4, -0.2) is 41.3 Å². The van der Waals surface area contributed by atoms with E-state index in [4.69, 9.17) is 9.47 Å². The highest BCUT2D eigenvalue weighted by molar-refractivity contribution is 7.92. The molecule has 0 aliphatic rings. The highest BCUT2D eigenvalue weighted by atomic mass is 32.2. The van der Waals surface area contributed by atoms with Crippen molar-refractivity contribution in [3.63, 3.8) is 0 Å². The van der Waals surface area contributed by atoms with Crippen LogP contribution in [0.3, 0.4) is 0 Å². The number of amides is 1. The zero-order valence-corrected chi connectivity index (χ0v) is 19.4. The fourth-order valence-electron chi connectivity index (χ4n) is 3.10. The van der Waals surface area contributed by atoms with Crippen LogP contribution in [0, 0.1) is 6.92 Å². The first-order valence-electron chi connectivity index (χ1n) is 10.0. The lowest BCUT2D eigenvalue weighted by Gasteiger charge is -2.23. The summed E-state index contributed by atoms with van der Waals surface area (Å²) < 4.78 is 38.2. The summed E-state index contributed by atoms with van der Waals surface area (Å²) in [5.41, 5.74) is 4.31. The molecule has 0 saturated carbocycles. The second-order valence-electron chi connectivity index (χ2n) is 7.04. The summed E-state index contributed by atoms with van der Waals surface area (Å²) in [4.78, 5) is 12.7. The Morgan fingerprint density at radius 1 is 0.970 bits per heavy atom. The number of aryl methyl sites for hydroxylation is 1. The van der Waals surface area contributed by atoms with Gasteiger partial charge in [0.25, 0.3) is 15.9 Å². The Morgan fingerprint density at radius 3 is 2.30 bits per heavy atom. The van der Waals surface area contributed by atoms with Crippen LogP contribution in [-0.2, 0) is 14.8 Å². The zero-order chi connectivity index (χ0) is 23.8. The van der Waals surface area contributed by atoms with Crippen LogP contribution in [0.15, 0.2) is 82.8 Å². The van der Waals surface area contributed by atoms with Crippen molar-refractivity contribution in [3.8, 4) is 11.5 Å². The summed E-state index contributed by atoms with van der Waals surface area (Å²) in [7, 11) is -0.952. The highest BCUT2D eigenvalue weighted by Gasteiger charge is 2.27. The molecule has 0 atom stereocenters. The molecular formula is C24H25N3O5S. The molecule has 0 aromatic heterocycles. The van der Waals surface area contributed by atoms with Crippen molar-refractivity contribution in [2.45, 2.75) is 11.8 Å². The molecule has 1 amide bonds. The monoisotopic (exact) mass is 467 g/mol. The first-order valence-corrected chi connectivity index (χ1v) is 11.5. The van der Waals surface area contributed by atoms with Crippen molar-refractivity contribution in [2.24, 2.45) is 5.10 Å². The van der Waals surface area contributed by atoms with Crippen molar-refractivity contribution in [1.29, 1.82) is 0 Å². The summed E-state index contributed by atoms with van der Waals surface area (Å²) in [6.07, 6.45) is 1.40. The summed E-state index contributed by atoms with van der Waals surface area (Å²) in [6.45, 7) is 1.45. The van der Waals surface area contributed by atoms with Gasteiger partial charge in [-0.2, -0.15) is 5.10 Å². The molecule has 3 aromatic carbocycles. The van der Waals surface area contributed by atoms with E-state index >= 15 is 0 Å². The minimum Gasteiger partial charge on any atom is -0.493 e. The van der Waals surface area contributed by atoms with Gasteiger partial charge in [0.15, 0.2) is 11.5 Å². The Balaban J connectivity index is 1.83. The van der Waals surface area contributed by atoms with Gasteiger partial charge in [-0.3, -0.25) is 9.10 Å². The predicted octanol–water partition coefficient (Wildman–Crippen LogP) is 3.36. The first kappa shape index (κ1) is 23.8. The molecule has 0 radical (unpaired) electrons. The summed E-state index contributed by atoms with van der Waals surface area (Å²) in [6, 6.07) is 20.1. The molecule has 8 nitrogen and oxygen atoms in total. The van der Waals surface area contributed by atoms with E-state index in [-0.39, 0.29) is 4.90 Å². The number of hydrogen-bond donors (Lipinski definition) is 1. The molecule has 0 heterocycles. The van der Waals surface area contributed by atoms with Crippen molar-refractivity contribution in [3.05, 3.63) is 83.9 Å². The summed E-state index contributed by atoms with van der Waals surface area (Å²) in [5.74, 6) is 0.381. The number of rotatable bonds is 9. The van der Waals surface area contributed by atoms with Crippen LogP contribution in [0.2, 0.25) is 0 Å².